The van der Waals surface area contributed by atoms with Crippen LogP contribution in [0.3, 0.4) is 0 Å². The first-order chi connectivity index (χ1) is 9.70. The van der Waals surface area contributed by atoms with Gasteiger partial charge in [0.05, 0.1) is 0 Å². The number of thioether (sulfide) groups is 1. The topological polar surface area (TPSA) is 46.6 Å². The molecule has 0 spiro atoms. The van der Waals surface area contributed by atoms with E-state index in [4.69, 9.17) is 4.74 Å². The summed E-state index contributed by atoms with van der Waals surface area (Å²) in [6.45, 7) is 6.49. The van der Waals surface area contributed by atoms with Crippen LogP contribution in [0.5, 0.6) is 0 Å². The highest BCUT2D eigenvalue weighted by molar-refractivity contribution is 8.13. The summed E-state index contributed by atoms with van der Waals surface area (Å²) in [6.07, 6.45) is 7.42. The number of likely N-dealkylation sites (tertiary alicyclic amines) is 1. The molecule has 0 N–H and O–H groups in total. The van der Waals surface area contributed by atoms with Crippen molar-refractivity contribution in [3.63, 3.8) is 0 Å². The number of nitrogens with zero attached hydrogens (tertiary/aromatic N) is 1. The van der Waals surface area contributed by atoms with E-state index in [9.17, 15) is 9.59 Å². The third-order valence-corrected chi connectivity index (χ3v) is 4.38. The van der Waals surface area contributed by atoms with Crippen LogP contribution in [0.1, 0.15) is 45.4 Å². The molecule has 1 fully saturated rings. The molecule has 1 atom stereocenters. The molecule has 0 aromatic heterocycles. The first kappa shape index (κ1) is 17.1. The maximum atomic E-state index is 12.2. The fourth-order valence-electron chi connectivity index (χ4n) is 2.24. The Bertz CT molecular complexity index is 333. The Morgan fingerprint density at radius 2 is 2.20 bits per heavy atom. The minimum atomic E-state index is -0.396. The van der Waals surface area contributed by atoms with Gasteiger partial charge in [0, 0.05) is 12.3 Å². The molecular formula is C15H25NO3S. The molecule has 1 saturated heterocycles. The molecule has 0 aromatic rings. The second-order valence-electron chi connectivity index (χ2n) is 4.95. The summed E-state index contributed by atoms with van der Waals surface area (Å²) in [6, 6.07) is -0.302. The average Bonchev–Trinajstić information content (AvgIpc) is 2.93. The van der Waals surface area contributed by atoms with Crippen LogP contribution in [0.25, 0.3) is 0 Å². The molecule has 5 heteroatoms. The minimum absolute atomic E-state index is 0.106. The zero-order chi connectivity index (χ0) is 14.8. The molecule has 1 aliphatic rings. The van der Waals surface area contributed by atoms with Crippen molar-refractivity contribution in [2.75, 3.05) is 18.9 Å². The van der Waals surface area contributed by atoms with Crippen LogP contribution in [-0.2, 0) is 9.53 Å². The summed E-state index contributed by atoms with van der Waals surface area (Å²) >= 11 is 1.36. The highest BCUT2D eigenvalue weighted by Gasteiger charge is 2.34. The van der Waals surface area contributed by atoms with Gasteiger partial charge in [-0.25, -0.2) is 4.79 Å². The molecule has 114 valence electrons. The zero-order valence-corrected chi connectivity index (χ0v) is 13.1. The number of ether oxygens (including phenoxy) is 1. The van der Waals surface area contributed by atoms with Gasteiger partial charge < -0.3 is 4.74 Å². The second-order valence-corrected chi connectivity index (χ2v) is 6.04. The number of hydrogen-bond donors (Lipinski definition) is 0. The van der Waals surface area contributed by atoms with E-state index < -0.39 is 6.09 Å². The van der Waals surface area contributed by atoms with Crippen molar-refractivity contribution in [3.05, 3.63) is 12.7 Å². The van der Waals surface area contributed by atoms with Gasteiger partial charge in [0.25, 0.3) is 0 Å². The van der Waals surface area contributed by atoms with Crippen molar-refractivity contribution >= 4 is 23.0 Å². The fraction of sp³-hybridized carbons (Fsp3) is 0.733. The zero-order valence-electron chi connectivity index (χ0n) is 12.3. The van der Waals surface area contributed by atoms with E-state index in [0.717, 1.165) is 25.0 Å². The minimum Gasteiger partial charge on any atom is -0.445 e. The number of hydrogen-bond acceptors (Lipinski definition) is 4. The van der Waals surface area contributed by atoms with E-state index in [2.05, 4.69) is 13.5 Å². The van der Waals surface area contributed by atoms with E-state index in [-0.39, 0.29) is 17.8 Å². The van der Waals surface area contributed by atoms with Crippen LogP contribution >= 0.6 is 11.8 Å². The normalized spacial score (nSPS) is 18.1. The maximum absolute atomic E-state index is 12.2. The molecule has 4 nitrogen and oxygen atoms in total. The lowest BCUT2D eigenvalue weighted by Gasteiger charge is -2.22. The van der Waals surface area contributed by atoms with Gasteiger partial charge in [0.2, 0.25) is 5.12 Å². The van der Waals surface area contributed by atoms with E-state index >= 15 is 0 Å². The third kappa shape index (κ3) is 5.57. The highest BCUT2D eigenvalue weighted by Crippen LogP contribution is 2.24. The quantitative estimate of drug-likeness (QED) is 0.507. The van der Waals surface area contributed by atoms with Crippen LogP contribution in [0.2, 0.25) is 0 Å². The van der Waals surface area contributed by atoms with Crippen LogP contribution < -0.4 is 0 Å². The van der Waals surface area contributed by atoms with Crippen molar-refractivity contribution < 1.29 is 14.3 Å². The van der Waals surface area contributed by atoms with Crippen LogP contribution in [0, 0.1) is 0 Å². The molecule has 1 heterocycles. The summed E-state index contributed by atoms with van der Waals surface area (Å²) < 4.78 is 5.02. The molecular weight excluding hydrogens is 274 g/mol. The Kier molecular flexibility index (Phi) is 8.42. The summed E-state index contributed by atoms with van der Waals surface area (Å²) in [5.74, 6) is 0.852. The average molecular weight is 299 g/mol. The van der Waals surface area contributed by atoms with Gasteiger partial charge in [0.15, 0.2) is 0 Å². The maximum Gasteiger partial charge on any atom is 0.410 e. The molecule has 1 aliphatic heterocycles. The molecule has 0 saturated carbocycles. The van der Waals surface area contributed by atoms with Crippen LogP contribution in [-0.4, -0.2) is 41.1 Å². The van der Waals surface area contributed by atoms with Gasteiger partial charge in [-0.15, -0.1) is 0 Å². The third-order valence-electron chi connectivity index (χ3n) is 3.33. The molecule has 1 unspecified atom stereocenters. The molecule has 20 heavy (non-hydrogen) atoms. The number of rotatable bonds is 8. The highest BCUT2D eigenvalue weighted by atomic mass is 32.2. The monoisotopic (exact) mass is 299 g/mol. The number of carbonyl (C=O) groups excluding carboxylic acids is 2. The second kappa shape index (κ2) is 9.86. The lowest BCUT2D eigenvalue weighted by atomic mass is 10.2. The van der Waals surface area contributed by atoms with Crippen LogP contribution in [0.4, 0.5) is 4.79 Å². The molecule has 1 amide bonds. The first-order valence-electron chi connectivity index (χ1n) is 7.41. The molecule has 0 aromatic carbocycles. The summed E-state index contributed by atoms with van der Waals surface area (Å²) in [5.41, 5.74) is 0. The van der Waals surface area contributed by atoms with Crippen molar-refractivity contribution in [1.82, 2.24) is 4.90 Å². The fourth-order valence-corrected chi connectivity index (χ4v) is 3.23. The van der Waals surface area contributed by atoms with Crippen molar-refractivity contribution in [2.24, 2.45) is 0 Å². The van der Waals surface area contributed by atoms with Gasteiger partial charge in [0.1, 0.15) is 12.6 Å². The lowest BCUT2D eigenvalue weighted by molar-refractivity contribution is -0.114. The Labute approximate surface area is 125 Å². The standard InChI is InChI=1S/C15H25NO3S/c1-3-5-6-7-12-20-14(17)13-9-8-10-16(13)15(18)19-11-4-2/h4,13H,2-3,5-12H2,1H3. The number of amides is 1. The SMILES string of the molecule is C=CCOC(=O)N1CCCC1C(=O)SCCCCCC. The van der Waals surface area contributed by atoms with Gasteiger partial charge in [-0.05, 0) is 19.3 Å². The predicted molar refractivity (Wildman–Crippen MR) is 82.9 cm³/mol. The van der Waals surface area contributed by atoms with Gasteiger partial charge in [-0.1, -0.05) is 50.6 Å². The summed E-state index contributed by atoms with van der Waals surface area (Å²) in [5, 5.41) is 0.106. The van der Waals surface area contributed by atoms with E-state index in [1.165, 1.54) is 37.1 Å². The Morgan fingerprint density at radius 3 is 2.90 bits per heavy atom. The Balaban J connectivity index is 2.33. The smallest absolute Gasteiger partial charge is 0.410 e. The Hall–Kier alpha value is -0.970. The van der Waals surface area contributed by atoms with E-state index in [1.807, 2.05) is 0 Å². The van der Waals surface area contributed by atoms with Gasteiger partial charge in [-0.2, -0.15) is 0 Å². The van der Waals surface area contributed by atoms with Crippen molar-refractivity contribution in [2.45, 2.75) is 51.5 Å². The number of carbonyl (C=O) groups is 2. The van der Waals surface area contributed by atoms with E-state index in [1.54, 1.807) is 4.90 Å². The van der Waals surface area contributed by atoms with Crippen molar-refractivity contribution in [1.29, 1.82) is 0 Å². The van der Waals surface area contributed by atoms with Gasteiger partial charge >= 0.3 is 6.09 Å². The summed E-state index contributed by atoms with van der Waals surface area (Å²) in [4.78, 5) is 25.5. The Morgan fingerprint density at radius 1 is 1.40 bits per heavy atom. The molecule has 0 aliphatic carbocycles. The molecule has 1 rings (SSSR count). The summed E-state index contributed by atoms with van der Waals surface area (Å²) in [7, 11) is 0. The van der Waals surface area contributed by atoms with Crippen molar-refractivity contribution in [3.8, 4) is 0 Å². The predicted octanol–water partition coefficient (Wildman–Crippen LogP) is 3.61. The largest absolute Gasteiger partial charge is 0.445 e. The van der Waals surface area contributed by atoms with E-state index in [0.29, 0.717) is 6.54 Å². The lowest BCUT2D eigenvalue weighted by Crippen LogP contribution is -2.40. The van der Waals surface area contributed by atoms with Gasteiger partial charge in [-0.3, -0.25) is 9.69 Å². The molecule has 0 radical (unpaired) electrons. The van der Waals surface area contributed by atoms with Crippen LogP contribution in [0.15, 0.2) is 12.7 Å². The first-order valence-corrected chi connectivity index (χ1v) is 8.40. The molecule has 0 bridgehead atoms. The number of unbranched alkanes of at least 4 members (excludes halogenated alkanes) is 3.